The molecule has 1 heterocycles. The van der Waals surface area contributed by atoms with Gasteiger partial charge in [-0.3, -0.25) is 4.90 Å². The second-order valence-corrected chi connectivity index (χ2v) is 4.64. The average Bonchev–Trinajstić information content (AvgIpc) is 2.38. The molecule has 0 amide bonds. The number of ether oxygens (including phenoxy) is 1. The maximum Gasteiger partial charge on any atom is 0.0594 e. The van der Waals surface area contributed by atoms with Crippen LogP contribution in [0, 0.1) is 0 Å². The maximum absolute atomic E-state index is 5.33. The molecule has 1 rings (SSSR count). The highest BCUT2D eigenvalue weighted by atomic mass is 16.5. The highest BCUT2D eigenvalue weighted by Crippen LogP contribution is 1.94. The van der Waals surface area contributed by atoms with Crippen LogP contribution in [0.3, 0.4) is 0 Å². The molecule has 4 heteroatoms. The summed E-state index contributed by atoms with van der Waals surface area (Å²) in [5.74, 6) is 0. The first-order chi connectivity index (χ1) is 8.36. The van der Waals surface area contributed by atoms with Crippen molar-refractivity contribution in [2.24, 2.45) is 0 Å². The summed E-state index contributed by atoms with van der Waals surface area (Å²) in [5.41, 5.74) is 0. The lowest BCUT2D eigenvalue weighted by Crippen LogP contribution is -2.41. The zero-order valence-corrected chi connectivity index (χ0v) is 11.6. The first-order valence-corrected chi connectivity index (χ1v) is 7.10. The van der Waals surface area contributed by atoms with Crippen molar-refractivity contribution in [3.8, 4) is 0 Å². The summed E-state index contributed by atoms with van der Waals surface area (Å²) in [6.07, 6.45) is 1.25. The van der Waals surface area contributed by atoms with E-state index in [4.69, 9.17) is 4.74 Å². The fourth-order valence-corrected chi connectivity index (χ4v) is 2.17. The molecule has 0 bridgehead atoms. The second-order valence-electron chi connectivity index (χ2n) is 4.64. The molecular weight excluding hydrogens is 214 g/mol. The van der Waals surface area contributed by atoms with E-state index >= 15 is 0 Å². The largest absolute Gasteiger partial charge is 0.379 e. The minimum Gasteiger partial charge on any atom is -0.379 e. The van der Waals surface area contributed by atoms with Crippen molar-refractivity contribution in [3.63, 3.8) is 0 Å². The molecule has 0 spiro atoms. The van der Waals surface area contributed by atoms with Gasteiger partial charge in [-0.05, 0) is 19.5 Å². The van der Waals surface area contributed by atoms with Gasteiger partial charge in [-0.1, -0.05) is 13.8 Å². The molecule has 1 aliphatic rings. The summed E-state index contributed by atoms with van der Waals surface area (Å²) in [6, 6.07) is 0. The number of morpholine rings is 1. The molecule has 1 fully saturated rings. The van der Waals surface area contributed by atoms with E-state index in [1.807, 2.05) is 0 Å². The van der Waals surface area contributed by atoms with Crippen LogP contribution < -0.4 is 5.32 Å². The van der Waals surface area contributed by atoms with Crippen LogP contribution in [0.5, 0.6) is 0 Å². The van der Waals surface area contributed by atoms with Gasteiger partial charge in [-0.2, -0.15) is 0 Å². The predicted octanol–water partition coefficient (Wildman–Crippen LogP) is 0.640. The van der Waals surface area contributed by atoms with Gasteiger partial charge in [0.05, 0.1) is 13.2 Å². The van der Waals surface area contributed by atoms with Gasteiger partial charge < -0.3 is 15.0 Å². The minimum atomic E-state index is 0.903. The van der Waals surface area contributed by atoms with Crippen molar-refractivity contribution in [2.75, 3.05) is 65.6 Å². The minimum absolute atomic E-state index is 0.903. The number of nitrogens with zero attached hydrogens (tertiary/aromatic N) is 2. The number of hydrogen-bond acceptors (Lipinski definition) is 4. The summed E-state index contributed by atoms with van der Waals surface area (Å²) in [7, 11) is 0. The van der Waals surface area contributed by atoms with E-state index in [1.165, 1.54) is 26.1 Å². The van der Waals surface area contributed by atoms with Crippen molar-refractivity contribution < 1.29 is 4.74 Å². The monoisotopic (exact) mass is 243 g/mol. The summed E-state index contributed by atoms with van der Waals surface area (Å²) >= 11 is 0. The zero-order chi connectivity index (χ0) is 12.3. The molecule has 0 radical (unpaired) electrons. The van der Waals surface area contributed by atoms with Gasteiger partial charge in [0.25, 0.3) is 0 Å². The number of likely N-dealkylation sites (N-methyl/N-ethyl adjacent to an activating group) is 1. The lowest BCUT2D eigenvalue weighted by Gasteiger charge is -2.26. The Hall–Kier alpha value is -0.160. The summed E-state index contributed by atoms with van der Waals surface area (Å²) in [4.78, 5) is 4.97. The van der Waals surface area contributed by atoms with Gasteiger partial charge in [0.1, 0.15) is 0 Å². The first-order valence-electron chi connectivity index (χ1n) is 7.10. The number of nitrogens with one attached hydrogen (secondary N) is 1. The summed E-state index contributed by atoms with van der Waals surface area (Å²) < 4.78 is 5.33. The van der Waals surface area contributed by atoms with Crippen LogP contribution in [-0.4, -0.2) is 75.4 Å². The molecule has 0 aromatic rings. The van der Waals surface area contributed by atoms with Gasteiger partial charge in [0.15, 0.2) is 0 Å². The Balaban J connectivity index is 1.92. The van der Waals surface area contributed by atoms with E-state index < -0.39 is 0 Å². The smallest absolute Gasteiger partial charge is 0.0594 e. The number of rotatable bonds is 9. The highest BCUT2D eigenvalue weighted by molar-refractivity contribution is 4.64. The molecule has 17 heavy (non-hydrogen) atoms. The van der Waals surface area contributed by atoms with Gasteiger partial charge in [-0.15, -0.1) is 0 Å². The molecule has 0 aliphatic carbocycles. The molecule has 1 N–H and O–H groups in total. The average molecular weight is 243 g/mol. The third-order valence-electron chi connectivity index (χ3n) is 3.30. The van der Waals surface area contributed by atoms with Crippen LogP contribution >= 0.6 is 0 Å². The fourth-order valence-electron chi connectivity index (χ4n) is 2.17. The van der Waals surface area contributed by atoms with Crippen molar-refractivity contribution in [1.29, 1.82) is 0 Å². The Kier molecular flexibility index (Phi) is 8.61. The molecule has 0 atom stereocenters. The van der Waals surface area contributed by atoms with Crippen molar-refractivity contribution in [1.82, 2.24) is 15.1 Å². The number of hydrogen-bond donors (Lipinski definition) is 1. The first kappa shape index (κ1) is 14.9. The Labute approximate surface area is 106 Å². The normalized spacial score (nSPS) is 17.8. The van der Waals surface area contributed by atoms with Crippen molar-refractivity contribution >= 4 is 0 Å². The van der Waals surface area contributed by atoms with E-state index in [0.29, 0.717) is 0 Å². The van der Waals surface area contributed by atoms with E-state index in [0.717, 1.165) is 45.9 Å². The Morgan fingerprint density at radius 2 is 1.88 bits per heavy atom. The molecule has 0 aromatic heterocycles. The summed E-state index contributed by atoms with van der Waals surface area (Å²) in [5, 5.41) is 3.53. The zero-order valence-electron chi connectivity index (χ0n) is 11.6. The molecule has 102 valence electrons. The second kappa shape index (κ2) is 9.83. The maximum atomic E-state index is 5.33. The standard InChI is InChI=1S/C13H29N3O/c1-3-7-15(4-2)8-5-14-6-9-16-10-12-17-13-11-16/h14H,3-13H2,1-2H3. The van der Waals surface area contributed by atoms with Crippen LogP contribution in [0.15, 0.2) is 0 Å². The Bertz CT molecular complexity index is 165. The SMILES string of the molecule is CCCN(CC)CCNCCN1CCOCC1. The third-order valence-corrected chi connectivity index (χ3v) is 3.30. The molecule has 0 aromatic carbocycles. The molecule has 1 saturated heterocycles. The van der Waals surface area contributed by atoms with Crippen LogP contribution in [0.1, 0.15) is 20.3 Å². The topological polar surface area (TPSA) is 27.7 Å². The van der Waals surface area contributed by atoms with E-state index in [2.05, 4.69) is 29.0 Å². The molecular formula is C13H29N3O. The Morgan fingerprint density at radius 3 is 2.53 bits per heavy atom. The quantitative estimate of drug-likeness (QED) is 0.602. The Morgan fingerprint density at radius 1 is 1.12 bits per heavy atom. The molecule has 0 unspecified atom stereocenters. The molecule has 4 nitrogen and oxygen atoms in total. The van der Waals surface area contributed by atoms with E-state index in [9.17, 15) is 0 Å². The van der Waals surface area contributed by atoms with Gasteiger partial charge in [-0.25, -0.2) is 0 Å². The van der Waals surface area contributed by atoms with Crippen LogP contribution in [0.25, 0.3) is 0 Å². The van der Waals surface area contributed by atoms with Gasteiger partial charge in [0, 0.05) is 39.3 Å². The van der Waals surface area contributed by atoms with Crippen LogP contribution in [0.2, 0.25) is 0 Å². The van der Waals surface area contributed by atoms with Gasteiger partial charge >= 0.3 is 0 Å². The van der Waals surface area contributed by atoms with Crippen molar-refractivity contribution in [2.45, 2.75) is 20.3 Å². The molecule has 1 aliphatic heterocycles. The van der Waals surface area contributed by atoms with E-state index in [-0.39, 0.29) is 0 Å². The molecule has 0 saturated carbocycles. The fraction of sp³-hybridized carbons (Fsp3) is 1.00. The van der Waals surface area contributed by atoms with Crippen LogP contribution in [0.4, 0.5) is 0 Å². The summed E-state index contributed by atoms with van der Waals surface area (Å²) in [6.45, 7) is 15.4. The predicted molar refractivity (Wildman–Crippen MR) is 72.5 cm³/mol. The lowest BCUT2D eigenvalue weighted by atomic mass is 10.4. The van der Waals surface area contributed by atoms with Gasteiger partial charge in [0.2, 0.25) is 0 Å². The van der Waals surface area contributed by atoms with Crippen LogP contribution in [-0.2, 0) is 4.74 Å². The van der Waals surface area contributed by atoms with E-state index in [1.54, 1.807) is 0 Å². The third kappa shape index (κ3) is 6.99. The van der Waals surface area contributed by atoms with Crippen molar-refractivity contribution in [3.05, 3.63) is 0 Å². The lowest BCUT2D eigenvalue weighted by molar-refractivity contribution is 0.0384. The highest BCUT2D eigenvalue weighted by Gasteiger charge is 2.08.